The summed E-state index contributed by atoms with van der Waals surface area (Å²) in [6.45, 7) is 15.7. The van der Waals surface area contributed by atoms with Crippen molar-refractivity contribution in [3.8, 4) is 0 Å². The van der Waals surface area contributed by atoms with Crippen LogP contribution >= 0.6 is 0 Å². The van der Waals surface area contributed by atoms with E-state index in [1.807, 2.05) is 20.0 Å². The molecule has 24 heavy (non-hydrogen) atoms. The van der Waals surface area contributed by atoms with Crippen LogP contribution in [0.5, 0.6) is 0 Å². The van der Waals surface area contributed by atoms with Crippen LogP contribution in [0.25, 0.3) is 0 Å². The number of rotatable bonds is 6. The Morgan fingerprint density at radius 2 is 2.04 bits per heavy atom. The molecule has 1 aliphatic heterocycles. The summed E-state index contributed by atoms with van der Waals surface area (Å²) in [6.07, 6.45) is 4.03. The summed E-state index contributed by atoms with van der Waals surface area (Å²) in [6, 6.07) is 0. The Bertz CT molecular complexity index is 639. The maximum absolute atomic E-state index is 5.34. The predicted molar refractivity (Wildman–Crippen MR) is 93.6 cm³/mol. The first-order valence-electron chi connectivity index (χ1n) is 8.97. The molecule has 1 aliphatic rings. The van der Waals surface area contributed by atoms with Crippen molar-refractivity contribution >= 4 is 0 Å². The van der Waals surface area contributed by atoms with Crippen LogP contribution in [0.2, 0.25) is 0 Å². The average molecular weight is 331 g/mol. The van der Waals surface area contributed by atoms with E-state index < -0.39 is 0 Å². The molecule has 0 N–H and O–H groups in total. The van der Waals surface area contributed by atoms with Crippen LogP contribution in [-0.4, -0.2) is 50.7 Å². The third-order valence-corrected chi connectivity index (χ3v) is 5.11. The molecule has 0 fully saturated rings. The van der Waals surface area contributed by atoms with Crippen molar-refractivity contribution in [2.45, 2.75) is 47.3 Å². The Balaban J connectivity index is 1.78. The standard InChI is InChI=1S/C18H29N5O/c1-5-21(6-2)9-16-10-22(12-17-14(3)20-24-15(17)4)13-18-19-7-8-23(18)11-16/h7-8,16H,5-6,9-13H2,1-4H3/t16-/m0/s1. The van der Waals surface area contributed by atoms with Crippen molar-refractivity contribution in [3.05, 3.63) is 35.2 Å². The highest BCUT2D eigenvalue weighted by Crippen LogP contribution is 2.21. The van der Waals surface area contributed by atoms with E-state index in [0.29, 0.717) is 5.92 Å². The van der Waals surface area contributed by atoms with E-state index in [1.54, 1.807) is 0 Å². The Labute approximate surface area is 144 Å². The highest BCUT2D eigenvalue weighted by molar-refractivity contribution is 5.20. The van der Waals surface area contributed by atoms with Gasteiger partial charge >= 0.3 is 0 Å². The lowest BCUT2D eigenvalue weighted by Crippen LogP contribution is -2.36. The lowest BCUT2D eigenvalue weighted by Gasteiger charge is -2.28. The van der Waals surface area contributed by atoms with Gasteiger partial charge in [-0.15, -0.1) is 0 Å². The van der Waals surface area contributed by atoms with Crippen LogP contribution in [-0.2, 0) is 19.6 Å². The molecule has 132 valence electrons. The lowest BCUT2D eigenvalue weighted by atomic mass is 10.1. The Hall–Kier alpha value is -1.66. The zero-order chi connectivity index (χ0) is 17.1. The van der Waals surface area contributed by atoms with Crippen molar-refractivity contribution in [2.24, 2.45) is 5.92 Å². The second-order valence-corrected chi connectivity index (χ2v) is 6.82. The van der Waals surface area contributed by atoms with Gasteiger partial charge in [-0.2, -0.15) is 0 Å². The molecule has 6 nitrogen and oxygen atoms in total. The molecule has 0 amide bonds. The summed E-state index contributed by atoms with van der Waals surface area (Å²) in [5.41, 5.74) is 2.22. The van der Waals surface area contributed by atoms with E-state index in [1.165, 1.54) is 5.56 Å². The molecule has 0 aliphatic carbocycles. The van der Waals surface area contributed by atoms with Crippen molar-refractivity contribution in [2.75, 3.05) is 26.2 Å². The first-order valence-corrected chi connectivity index (χ1v) is 8.97. The van der Waals surface area contributed by atoms with Gasteiger partial charge in [0.05, 0.1) is 12.2 Å². The van der Waals surface area contributed by atoms with Gasteiger partial charge in [0.25, 0.3) is 0 Å². The number of aryl methyl sites for hydroxylation is 2. The summed E-state index contributed by atoms with van der Waals surface area (Å²) < 4.78 is 7.66. The van der Waals surface area contributed by atoms with Gasteiger partial charge in [-0.05, 0) is 26.9 Å². The fourth-order valence-corrected chi connectivity index (χ4v) is 3.66. The molecule has 0 radical (unpaired) electrons. The van der Waals surface area contributed by atoms with Crippen LogP contribution in [0.1, 0.15) is 36.7 Å². The second-order valence-electron chi connectivity index (χ2n) is 6.82. The molecule has 0 saturated carbocycles. The number of imidazole rings is 1. The molecule has 2 aromatic heterocycles. The highest BCUT2D eigenvalue weighted by Gasteiger charge is 2.25. The van der Waals surface area contributed by atoms with E-state index in [-0.39, 0.29) is 0 Å². The quantitative estimate of drug-likeness (QED) is 0.814. The molecular formula is C18H29N5O. The predicted octanol–water partition coefficient (Wildman–Crippen LogP) is 2.46. The fourth-order valence-electron chi connectivity index (χ4n) is 3.66. The van der Waals surface area contributed by atoms with Crippen LogP contribution in [0.3, 0.4) is 0 Å². The van der Waals surface area contributed by atoms with Gasteiger partial charge in [0.1, 0.15) is 11.6 Å². The van der Waals surface area contributed by atoms with Crippen LogP contribution < -0.4 is 0 Å². The number of hydrogen-bond donors (Lipinski definition) is 0. The van der Waals surface area contributed by atoms with Crippen molar-refractivity contribution in [1.82, 2.24) is 24.5 Å². The minimum Gasteiger partial charge on any atom is -0.361 e. The minimum atomic E-state index is 0.598. The van der Waals surface area contributed by atoms with Gasteiger partial charge in [-0.25, -0.2) is 4.98 Å². The number of aromatic nitrogens is 3. The Morgan fingerprint density at radius 3 is 2.71 bits per heavy atom. The van der Waals surface area contributed by atoms with Gasteiger partial charge in [0.2, 0.25) is 0 Å². The molecule has 2 aromatic rings. The molecule has 3 heterocycles. The van der Waals surface area contributed by atoms with Gasteiger partial charge in [-0.3, -0.25) is 4.90 Å². The summed E-state index contributed by atoms with van der Waals surface area (Å²) in [7, 11) is 0. The van der Waals surface area contributed by atoms with E-state index in [4.69, 9.17) is 4.52 Å². The SMILES string of the molecule is CCN(CC)C[C@H]1CN(Cc2c(C)noc2C)Cc2nccn2C1. The lowest BCUT2D eigenvalue weighted by molar-refractivity contribution is 0.174. The van der Waals surface area contributed by atoms with E-state index in [9.17, 15) is 0 Å². The number of fused-ring (bicyclic) bond motifs is 1. The third kappa shape index (κ3) is 3.70. The average Bonchev–Trinajstić information content (AvgIpc) is 3.08. The van der Waals surface area contributed by atoms with E-state index >= 15 is 0 Å². The topological polar surface area (TPSA) is 50.3 Å². The second kappa shape index (κ2) is 7.49. The highest BCUT2D eigenvalue weighted by atomic mass is 16.5. The molecule has 1 atom stereocenters. The maximum Gasteiger partial charge on any atom is 0.138 e. The van der Waals surface area contributed by atoms with Gasteiger partial charge < -0.3 is 14.0 Å². The molecule has 3 rings (SSSR count). The zero-order valence-electron chi connectivity index (χ0n) is 15.3. The van der Waals surface area contributed by atoms with Crippen LogP contribution in [0, 0.1) is 19.8 Å². The molecule has 0 spiro atoms. The first kappa shape index (κ1) is 17.2. The maximum atomic E-state index is 5.34. The smallest absolute Gasteiger partial charge is 0.138 e. The summed E-state index contributed by atoms with van der Waals surface area (Å²) in [5.74, 6) is 2.69. The van der Waals surface area contributed by atoms with E-state index in [0.717, 1.165) is 63.1 Å². The summed E-state index contributed by atoms with van der Waals surface area (Å²) >= 11 is 0. The van der Waals surface area contributed by atoms with Crippen molar-refractivity contribution in [1.29, 1.82) is 0 Å². The third-order valence-electron chi connectivity index (χ3n) is 5.11. The molecular weight excluding hydrogens is 302 g/mol. The van der Waals surface area contributed by atoms with Crippen LogP contribution in [0.15, 0.2) is 16.9 Å². The molecule has 0 bridgehead atoms. The van der Waals surface area contributed by atoms with Crippen molar-refractivity contribution in [3.63, 3.8) is 0 Å². The minimum absolute atomic E-state index is 0.598. The Morgan fingerprint density at radius 1 is 1.25 bits per heavy atom. The van der Waals surface area contributed by atoms with Gasteiger partial charge in [0.15, 0.2) is 0 Å². The molecule has 0 unspecified atom stereocenters. The molecule has 0 saturated heterocycles. The summed E-state index contributed by atoms with van der Waals surface area (Å²) in [4.78, 5) is 9.57. The van der Waals surface area contributed by atoms with Crippen LogP contribution in [0.4, 0.5) is 0 Å². The fraction of sp³-hybridized carbons (Fsp3) is 0.667. The first-order chi connectivity index (χ1) is 11.6. The number of hydrogen-bond acceptors (Lipinski definition) is 5. The Kier molecular flexibility index (Phi) is 5.36. The summed E-state index contributed by atoms with van der Waals surface area (Å²) in [5, 5.41) is 4.10. The van der Waals surface area contributed by atoms with E-state index in [2.05, 4.69) is 44.6 Å². The van der Waals surface area contributed by atoms with Crippen molar-refractivity contribution < 1.29 is 4.52 Å². The zero-order valence-corrected chi connectivity index (χ0v) is 15.3. The molecule has 0 aromatic carbocycles. The van der Waals surface area contributed by atoms with Gasteiger partial charge in [0, 0.05) is 50.1 Å². The normalized spacial score (nSPS) is 18.8. The largest absolute Gasteiger partial charge is 0.361 e. The monoisotopic (exact) mass is 331 g/mol. The molecule has 6 heteroatoms. The van der Waals surface area contributed by atoms with Gasteiger partial charge in [-0.1, -0.05) is 19.0 Å². The number of nitrogens with zero attached hydrogens (tertiary/aromatic N) is 5.